The lowest BCUT2D eigenvalue weighted by atomic mass is 10.0. The molecule has 0 radical (unpaired) electrons. The van der Waals surface area contributed by atoms with Crippen molar-refractivity contribution in [2.24, 2.45) is 0 Å². The molecule has 0 saturated carbocycles. The van der Waals surface area contributed by atoms with Gasteiger partial charge in [0.25, 0.3) is 0 Å². The molecule has 0 aliphatic rings. The highest BCUT2D eigenvalue weighted by molar-refractivity contribution is 8.00. The van der Waals surface area contributed by atoms with Crippen LogP contribution in [0, 0.1) is 13.8 Å². The molecule has 162 valence electrons. The predicted octanol–water partition coefficient (Wildman–Crippen LogP) is 3.74. The van der Waals surface area contributed by atoms with Gasteiger partial charge < -0.3 is 20.7 Å². The summed E-state index contributed by atoms with van der Waals surface area (Å²) in [5.41, 5.74) is 2.01. The van der Waals surface area contributed by atoms with Crippen molar-refractivity contribution in [3.05, 3.63) is 29.3 Å². The second-order valence-corrected chi connectivity index (χ2v) is 10.1. The first-order valence-electron chi connectivity index (χ1n) is 9.48. The van der Waals surface area contributed by atoms with Crippen LogP contribution < -0.4 is 16.0 Å². The van der Waals surface area contributed by atoms with Gasteiger partial charge in [-0.2, -0.15) is 0 Å². The summed E-state index contributed by atoms with van der Waals surface area (Å²) in [5, 5.41) is 8.32. The van der Waals surface area contributed by atoms with Gasteiger partial charge in [0.05, 0.1) is 5.88 Å². The second-order valence-electron chi connectivity index (χ2n) is 8.44. The molecule has 1 aromatic rings. The van der Waals surface area contributed by atoms with E-state index in [2.05, 4.69) is 16.0 Å². The Bertz CT molecular complexity index is 757. The van der Waals surface area contributed by atoms with E-state index >= 15 is 0 Å². The number of thioether (sulfide) groups is 1. The van der Waals surface area contributed by atoms with Crippen LogP contribution in [-0.2, 0) is 14.3 Å². The van der Waals surface area contributed by atoms with Crippen molar-refractivity contribution in [1.82, 2.24) is 10.6 Å². The number of ether oxygens (including phenoxy) is 1. The number of rotatable bonds is 7. The van der Waals surface area contributed by atoms with E-state index in [9.17, 15) is 14.4 Å². The molecule has 0 saturated heterocycles. The number of alkyl carbamates (subject to hydrolysis) is 1. The lowest BCUT2D eigenvalue weighted by Crippen LogP contribution is -2.55. The highest BCUT2D eigenvalue weighted by Gasteiger charge is 2.38. The number of carbonyl (C=O) groups excluding carboxylic acids is 3. The fourth-order valence-electron chi connectivity index (χ4n) is 2.48. The van der Waals surface area contributed by atoms with Crippen LogP contribution in [0.1, 0.15) is 52.7 Å². The van der Waals surface area contributed by atoms with Gasteiger partial charge in [-0.25, -0.2) is 4.79 Å². The molecule has 1 atom stereocenters. The molecule has 0 heterocycles. The monoisotopic (exact) mass is 423 g/mol. The normalized spacial score (nSPS) is 12.7. The number of hydrogen-bond acceptors (Lipinski definition) is 5. The highest BCUT2D eigenvalue weighted by Crippen LogP contribution is 2.29. The fraction of sp³-hybridized carbons (Fsp3) is 0.571. The quantitative estimate of drug-likeness (QED) is 0.581. The first kappa shape index (κ1) is 24.8. The largest absolute Gasteiger partial charge is 0.444 e. The van der Waals surface area contributed by atoms with E-state index in [1.165, 1.54) is 18.7 Å². The average molecular weight is 424 g/mol. The summed E-state index contributed by atoms with van der Waals surface area (Å²) in [6.45, 7) is 14.3. The molecule has 0 aliphatic carbocycles. The van der Waals surface area contributed by atoms with Crippen LogP contribution in [0.4, 0.5) is 10.5 Å². The zero-order chi connectivity index (χ0) is 22.4. The summed E-state index contributed by atoms with van der Waals surface area (Å²) in [6, 6.07) is 4.76. The third-order valence-electron chi connectivity index (χ3n) is 4.25. The van der Waals surface area contributed by atoms with Gasteiger partial charge in [0.2, 0.25) is 11.8 Å². The molecule has 0 bridgehead atoms. The van der Waals surface area contributed by atoms with Crippen molar-refractivity contribution in [1.29, 1.82) is 0 Å². The molecular weight excluding hydrogens is 390 g/mol. The van der Waals surface area contributed by atoms with Crippen molar-refractivity contribution in [3.8, 4) is 0 Å². The van der Waals surface area contributed by atoms with E-state index in [1.54, 1.807) is 20.8 Å². The van der Waals surface area contributed by atoms with Gasteiger partial charge in [0, 0.05) is 17.4 Å². The minimum Gasteiger partial charge on any atom is -0.444 e. The van der Waals surface area contributed by atoms with Crippen LogP contribution >= 0.6 is 11.8 Å². The van der Waals surface area contributed by atoms with E-state index in [0.29, 0.717) is 11.6 Å². The molecule has 0 spiro atoms. The molecular formula is C21H33N3O4S. The third-order valence-corrected chi connectivity index (χ3v) is 5.51. The van der Waals surface area contributed by atoms with Gasteiger partial charge in [-0.3, -0.25) is 9.59 Å². The zero-order valence-corrected chi connectivity index (χ0v) is 19.4. The molecule has 1 rings (SSSR count). The highest BCUT2D eigenvalue weighted by atomic mass is 32.2. The van der Waals surface area contributed by atoms with Crippen LogP contribution in [0.15, 0.2) is 18.2 Å². The molecule has 8 heteroatoms. The topological polar surface area (TPSA) is 96.5 Å². The lowest BCUT2D eigenvalue weighted by molar-refractivity contribution is -0.119. The maximum Gasteiger partial charge on any atom is 0.408 e. The molecule has 3 amide bonds. The Morgan fingerprint density at radius 3 is 2.28 bits per heavy atom. The number of aryl methyl sites for hydroxylation is 1. The Labute approximate surface area is 177 Å². The minimum absolute atomic E-state index is 0.162. The summed E-state index contributed by atoms with van der Waals surface area (Å²) in [4.78, 5) is 36.7. The molecule has 0 aromatic heterocycles. The van der Waals surface area contributed by atoms with Crippen molar-refractivity contribution in [3.63, 3.8) is 0 Å². The van der Waals surface area contributed by atoms with Crippen LogP contribution in [0.25, 0.3) is 0 Å². The van der Waals surface area contributed by atoms with Crippen LogP contribution in [-0.4, -0.2) is 40.2 Å². The smallest absolute Gasteiger partial charge is 0.408 e. The Hall–Kier alpha value is -2.22. The predicted molar refractivity (Wildman–Crippen MR) is 118 cm³/mol. The van der Waals surface area contributed by atoms with E-state index in [0.717, 1.165) is 11.1 Å². The number of carbonyl (C=O) groups is 3. The zero-order valence-electron chi connectivity index (χ0n) is 18.6. The molecule has 29 heavy (non-hydrogen) atoms. The summed E-state index contributed by atoms with van der Waals surface area (Å²) < 4.78 is 4.62. The average Bonchev–Trinajstić information content (AvgIpc) is 2.54. The summed E-state index contributed by atoms with van der Waals surface area (Å²) in [5.74, 6) is -0.208. The Balaban J connectivity index is 3.07. The lowest BCUT2D eigenvalue weighted by Gasteiger charge is -2.34. The van der Waals surface area contributed by atoms with E-state index in [-0.39, 0.29) is 11.8 Å². The van der Waals surface area contributed by atoms with Gasteiger partial charge in [0.15, 0.2) is 0 Å². The van der Waals surface area contributed by atoms with Crippen molar-refractivity contribution >= 4 is 35.4 Å². The van der Waals surface area contributed by atoms with E-state index < -0.39 is 22.5 Å². The number of hydrogen-bond donors (Lipinski definition) is 3. The van der Waals surface area contributed by atoms with Gasteiger partial charge in [-0.15, -0.1) is 11.8 Å². The standard InChI is InChI=1S/C21H33N3O4S/c1-13-10-9-11-16(14(13)2)23-18(26)17(24-19(27)28-20(4,5)6)21(7,8)29-12-22-15(3)25/h9-11,17H,12H2,1-8H3,(H,22,25)(H,23,26)(H,24,27)/t17-/m1/s1. The maximum absolute atomic E-state index is 13.1. The van der Waals surface area contributed by atoms with Crippen LogP contribution in [0.5, 0.6) is 0 Å². The molecule has 0 aliphatic heterocycles. The Morgan fingerprint density at radius 2 is 1.72 bits per heavy atom. The molecule has 0 unspecified atom stereocenters. The minimum atomic E-state index is -0.893. The van der Waals surface area contributed by atoms with Crippen molar-refractivity contribution in [2.45, 2.75) is 71.8 Å². The second kappa shape index (κ2) is 10.0. The van der Waals surface area contributed by atoms with Gasteiger partial charge in [0.1, 0.15) is 11.6 Å². The van der Waals surface area contributed by atoms with E-state index in [1.807, 2.05) is 45.9 Å². The van der Waals surface area contributed by atoms with Gasteiger partial charge >= 0.3 is 6.09 Å². The molecule has 3 N–H and O–H groups in total. The molecule has 1 aromatic carbocycles. The first-order valence-corrected chi connectivity index (χ1v) is 10.5. The third kappa shape index (κ3) is 8.35. The van der Waals surface area contributed by atoms with Crippen LogP contribution in [0.2, 0.25) is 0 Å². The van der Waals surface area contributed by atoms with Gasteiger partial charge in [-0.1, -0.05) is 12.1 Å². The maximum atomic E-state index is 13.1. The van der Waals surface area contributed by atoms with Gasteiger partial charge in [-0.05, 0) is 65.7 Å². The summed E-state index contributed by atoms with van der Waals surface area (Å²) in [6.07, 6.45) is -0.674. The van der Waals surface area contributed by atoms with Crippen molar-refractivity contribution in [2.75, 3.05) is 11.2 Å². The summed E-state index contributed by atoms with van der Waals surface area (Å²) in [7, 11) is 0. The van der Waals surface area contributed by atoms with Crippen molar-refractivity contribution < 1.29 is 19.1 Å². The van der Waals surface area contributed by atoms with Crippen LogP contribution in [0.3, 0.4) is 0 Å². The SMILES string of the molecule is CC(=O)NCSC(C)(C)[C@H](NC(=O)OC(C)(C)C)C(=O)Nc1cccc(C)c1C. The summed E-state index contributed by atoms with van der Waals surface area (Å²) >= 11 is 1.36. The Morgan fingerprint density at radius 1 is 1.10 bits per heavy atom. The first-order chi connectivity index (χ1) is 13.2. The number of amides is 3. The fourth-order valence-corrected chi connectivity index (χ4v) is 3.46. The number of anilines is 1. The number of benzene rings is 1. The number of nitrogens with one attached hydrogen (secondary N) is 3. The molecule has 7 nitrogen and oxygen atoms in total. The molecule has 0 fully saturated rings. The Kier molecular flexibility index (Phi) is 8.56. The van der Waals surface area contributed by atoms with E-state index in [4.69, 9.17) is 4.74 Å².